The number of fused-ring (bicyclic) bond motifs is 1. The molecule has 8 nitrogen and oxygen atoms in total. The Morgan fingerprint density at radius 3 is 2.29 bits per heavy atom. The number of halogens is 3. The molecule has 2 aromatic heterocycles. The number of alkyl halides is 3. The normalized spacial score (nSPS) is 15.3. The average Bonchev–Trinajstić information content (AvgIpc) is 3.38. The zero-order valence-corrected chi connectivity index (χ0v) is 23.6. The molecule has 0 bridgehead atoms. The molecule has 2 aromatic carbocycles. The van der Waals surface area contributed by atoms with Crippen LogP contribution in [0.4, 0.5) is 29.3 Å². The first-order valence-corrected chi connectivity index (χ1v) is 13.5. The second-order valence-electron chi connectivity index (χ2n) is 11.6. The molecule has 3 heterocycles. The van der Waals surface area contributed by atoms with Crippen LogP contribution < -0.4 is 10.6 Å². The zero-order valence-electron chi connectivity index (χ0n) is 23.6. The first-order chi connectivity index (χ1) is 19.3. The van der Waals surface area contributed by atoms with Gasteiger partial charge in [-0.15, -0.1) is 0 Å². The summed E-state index contributed by atoms with van der Waals surface area (Å²) in [6.45, 7) is 9.91. The third-order valence-electron chi connectivity index (χ3n) is 7.22. The standard InChI is InChI=1S/C30H34F3N7O/c1-29(2,3)26-16-24(25-17-34-38-27(25)37-26)20-5-7-22(8-6-20)35-28(41)36-23-14-19(13-21(15-23)30(31,32)33)18-40-11-9-39(4)10-12-40/h5-8,13-17H,9-12,18H2,1-4H3,(H,34,37,38)(H2,35,36,41). The molecule has 0 saturated carbocycles. The average molecular weight is 566 g/mol. The summed E-state index contributed by atoms with van der Waals surface area (Å²) < 4.78 is 40.9. The molecule has 216 valence electrons. The number of benzene rings is 2. The van der Waals surface area contributed by atoms with Crippen LogP contribution in [0.2, 0.25) is 0 Å². The highest BCUT2D eigenvalue weighted by Gasteiger charge is 2.31. The number of likely N-dealkylation sites (N-methyl/N-ethyl adjacent to an activating group) is 1. The number of aromatic nitrogens is 3. The van der Waals surface area contributed by atoms with E-state index in [-0.39, 0.29) is 11.1 Å². The van der Waals surface area contributed by atoms with Gasteiger partial charge in [0.25, 0.3) is 0 Å². The minimum atomic E-state index is -4.53. The Labute approximate surface area is 236 Å². The topological polar surface area (TPSA) is 89.2 Å². The number of pyridine rings is 1. The maximum absolute atomic E-state index is 13.6. The van der Waals surface area contributed by atoms with Gasteiger partial charge in [0.1, 0.15) is 0 Å². The SMILES string of the molecule is CN1CCN(Cc2cc(NC(=O)Nc3ccc(-c4cc(C(C)(C)C)nc5[nH]ncc45)cc3)cc(C(F)(F)F)c2)CC1. The van der Waals surface area contributed by atoms with Gasteiger partial charge in [-0.3, -0.25) is 10.00 Å². The molecule has 0 radical (unpaired) electrons. The van der Waals surface area contributed by atoms with Crippen molar-refractivity contribution in [2.45, 2.75) is 38.9 Å². The van der Waals surface area contributed by atoms with Crippen LogP contribution in [-0.2, 0) is 18.1 Å². The lowest BCUT2D eigenvalue weighted by atomic mass is 9.89. The summed E-state index contributed by atoms with van der Waals surface area (Å²) in [7, 11) is 2.02. The molecular weight excluding hydrogens is 531 g/mol. The number of amides is 2. The molecule has 41 heavy (non-hydrogen) atoms. The second kappa shape index (κ2) is 11.1. The summed E-state index contributed by atoms with van der Waals surface area (Å²) in [6, 6.07) is 12.4. The van der Waals surface area contributed by atoms with E-state index in [0.717, 1.165) is 60.5 Å². The highest BCUT2D eigenvalue weighted by atomic mass is 19.4. The van der Waals surface area contributed by atoms with Crippen molar-refractivity contribution in [2.24, 2.45) is 0 Å². The summed E-state index contributed by atoms with van der Waals surface area (Å²) in [6.07, 6.45) is -2.79. The van der Waals surface area contributed by atoms with Gasteiger partial charge in [-0.1, -0.05) is 32.9 Å². The van der Waals surface area contributed by atoms with Gasteiger partial charge in [0, 0.05) is 60.6 Å². The third-order valence-corrected chi connectivity index (χ3v) is 7.22. The van der Waals surface area contributed by atoms with Crippen molar-refractivity contribution in [1.82, 2.24) is 25.0 Å². The van der Waals surface area contributed by atoms with Crippen molar-refractivity contribution in [3.05, 3.63) is 71.5 Å². The van der Waals surface area contributed by atoms with E-state index < -0.39 is 17.8 Å². The molecule has 0 unspecified atom stereocenters. The van der Waals surface area contributed by atoms with E-state index in [2.05, 4.69) is 51.4 Å². The molecule has 3 N–H and O–H groups in total. The molecule has 1 saturated heterocycles. The number of H-pyrrole nitrogens is 1. The van der Waals surface area contributed by atoms with Gasteiger partial charge in [0.15, 0.2) is 5.65 Å². The summed E-state index contributed by atoms with van der Waals surface area (Å²) in [5.41, 5.74) is 3.63. The second-order valence-corrected chi connectivity index (χ2v) is 11.6. The lowest BCUT2D eigenvalue weighted by molar-refractivity contribution is -0.137. The molecule has 4 aromatic rings. The fraction of sp³-hybridized carbons (Fsp3) is 0.367. The number of nitrogens with one attached hydrogen (secondary N) is 3. The number of urea groups is 1. The van der Waals surface area contributed by atoms with Gasteiger partial charge in [-0.05, 0) is 60.1 Å². The van der Waals surface area contributed by atoms with Crippen molar-refractivity contribution in [3.8, 4) is 11.1 Å². The molecule has 0 spiro atoms. The van der Waals surface area contributed by atoms with Gasteiger partial charge in [0.2, 0.25) is 0 Å². The number of rotatable bonds is 5. The fourth-order valence-electron chi connectivity index (χ4n) is 4.86. The predicted molar refractivity (Wildman–Crippen MR) is 155 cm³/mol. The van der Waals surface area contributed by atoms with Crippen LogP contribution in [0.25, 0.3) is 22.2 Å². The summed E-state index contributed by atoms with van der Waals surface area (Å²) in [5.74, 6) is 0. The Hall–Kier alpha value is -3.96. The van der Waals surface area contributed by atoms with E-state index in [1.54, 1.807) is 24.4 Å². The number of carbonyl (C=O) groups excluding carboxylic acids is 1. The Balaban J connectivity index is 1.31. The minimum Gasteiger partial charge on any atom is -0.308 e. The Kier molecular flexibility index (Phi) is 7.76. The van der Waals surface area contributed by atoms with Gasteiger partial charge in [-0.2, -0.15) is 18.3 Å². The highest BCUT2D eigenvalue weighted by molar-refractivity contribution is 6.00. The van der Waals surface area contributed by atoms with Crippen molar-refractivity contribution < 1.29 is 18.0 Å². The number of hydrogen-bond acceptors (Lipinski definition) is 5. The van der Waals surface area contributed by atoms with Gasteiger partial charge >= 0.3 is 12.2 Å². The largest absolute Gasteiger partial charge is 0.416 e. The van der Waals surface area contributed by atoms with Crippen LogP contribution >= 0.6 is 0 Å². The molecule has 0 atom stereocenters. The maximum Gasteiger partial charge on any atom is 0.416 e. The summed E-state index contributed by atoms with van der Waals surface area (Å²) in [5, 5.41) is 13.3. The molecule has 1 aliphatic rings. The monoisotopic (exact) mass is 565 g/mol. The number of carbonyl (C=O) groups is 1. The van der Waals surface area contributed by atoms with Crippen molar-refractivity contribution in [2.75, 3.05) is 43.9 Å². The van der Waals surface area contributed by atoms with E-state index in [1.807, 2.05) is 25.2 Å². The van der Waals surface area contributed by atoms with Crippen molar-refractivity contribution in [3.63, 3.8) is 0 Å². The number of nitrogens with zero attached hydrogens (tertiary/aromatic N) is 4. The van der Waals surface area contributed by atoms with Crippen molar-refractivity contribution in [1.29, 1.82) is 0 Å². The number of anilines is 2. The van der Waals surface area contributed by atoms with Crippen LogP contribution in [-0.4, -0.2) is 64.2 Å². The molecule has 0 aliphatic carbocycles. The summed E-state index contributed by atoms with van der Waals surface area (Å²) in [4.78, 5) is 21.8. The minimum absolute atomic E-state index is 0.0897. The Morgan fingerprint density at radius 1 is 0.951 bits per heavy atom. The molecule has 2 amide bonds. The molecule has 11 heteroatoms. The smallest absolute Gasteiger partial charge is 0.308 e. The lowest BCUT2D eigenvalue weighted by Gasteiger charge is -2.32. The molecular formula is C30H34F3N7O. The molecule has 1 aliphatic heterocycles. The number of aromatic amines is 1. The summed E-state index contributed by atoms with van der Waals surface area (Å²) >= 11 is 0. The Bertz CT molecular complexity index is 1530. The third kappa shape index (κ3) is 6.86. The van der Waals surface area contributed by atoms with Crippen LogP contribution in [0.15, 0.2) is 54.7 Å². The van der Waals surface area contributed by atoms with Crippen LogP contribution in [0.5, 0.6) is 0 Å². The first kappa shape index (κ1) is 28.6. The van der Waals surface area contributed by atoms with E-state index in [0.29, 0.717) is 23.4 Å². The highest BCUT2D eigenvalue weighted by Crippen LogP contribution is 2.34. The Morgan fingerprint density at radius 2 is 1.63 bits per heavy atom. The van der Waals surface area contributed by atoms with E-state index in [1.165, 1.54) is 0 Å². The molecule has 5 rings (SSSR count). The fourth-order valence-corrected chi connectivity index (χ4v) is 4.86. The van der Waals surface area contributed by atoms with E-state index in [9.17, 15) is 18.0 Å². The maximum atomic E-state index is 13.6. The number of piperazine rings is 1. The predicted octanol–water partition coefficient (Wildman–Crippen LogP) is 6.33. The van der Waals surface area contributed by atoms with E-state index >= 15 is 0 Å². The van der Waals surface area contributed by atoms with Crippen LogP contribution in [0, 0.1) is 0 Å². The van der Waals surface area contributed by atoms with Gasteiger partial charge < -0.3 is 15.5 Å². The van der Waals surface area contributed by atoms with E-state index in [4.69, 9.17) is 4.98 Å². The van der Waals surface area contributed by atoms with Crippen molar-refractivity contribution >= 4 is 28.4 Å². The quantitative estimate of drug-likeness (QED) is 0.263. The number of hydrogen-bond donors (Lipinski definition) is 3. The first-order valence-electron chi connectivity index (χ1n) is 13.5. The van der Waals surface area contributed by atoms with Gasteiger partial charge in [0.05, 0.1) is 11.8 Å². The molecule has 1 fully saturated rings. The lowest BCUT2D eigenvalue weighted by Crippen LogP contribution is -2.43. The van der Waals surface area contributed by atoms with Crippen LogP contribution in [0.3, 0.4) is 0 Å². The zero-order chi connectivity index (χ0) is 29.4. The van der Waals surface area contributed by atoms with Crippen LogP contribution in [0.1, 0.15) is 37.6 Å². The van der Waals surface area contributed by atoms with Gasteiger partial charge in [-0.25, -0.2) is 9.78 Å².